The lowest BCUT2D eigenvalue weighted by Gasteiger charge is -2.48. The smallest absolute Gasteiger partial charge is 0.462 e. The van der Waals surface area contributed by atoms with Crippen molar-refractivity contribution in [2.24, 2.45) is 16.7 Å². The SMILES string of the molecule is CCOC(=O)C(CB1O[C@@H]2[C@H]3CC[C@](C)(C3(C)C)[C@]2(c2ccccc2)O1)=C(C)C. The molecule has 0 unspecified atom stereocenters. The van der Waals surface area contributed by atoms with Crippen LogP contribution in [0.4, 0.5) is 0 Å². The maximum absolute atomic E-state index is 12.5. The van der Waals surface area contributed by atoms with E-state index in [1.54, 1.807) is 0 Å². The van der Waals surface area contributed by atoms with Crippen LogP contribution in [0, 0.1) is 16.7 Å². The van der Waals surface area contributed by atoms with E-state index in [4.69, 9.17) is 14.0 Å². The van der Waals surface area contributed by atoms with E-state index in [2.05, 4.69) is 45.0 Å². The lowest BCUT2D eigenvalue weighted by molar-refractivity contribution is -0.138. The lowest BCUT2D eigenvalue weighted by Crippen LogP contribution is -2.50. The Hall–Kier alpha value is -1.59. The van der Waals surface area contributed by atoms with Crippen molar-refractivity contribution in [3.8, 4) is 0 Å². The summed E-state index contributed by atoms with van der Waals surface area (Å²) >= 11 is 0. The van der Waals surface area contributed by atoms with Gasteiger partial charge in [0.2, 0.25) is 0 Å². The fraction of sp³-hybridized carbons (Fsp3) is 0.625. The Morgan fingerprint density at radius 1 is 1.21 bits per heavy atom. The zero-order valence-electron chi connectivity index (χ0n) is 18.6. The van der Waals surface area contributed by atoms with E-state index >= 15 is 0 Å². The molecule has 29 heavy (non-hydrogen) atoms. The predicted octanol–water partition coefficient (Wildman–Crippen LogP) is 5.14. The van der Waals surface area contributed by atoms with Gasteiger partial charge in [0.05, 0.1) is 12.7 Å². The number of ether oxygens (including phenoxy) is 1. The Labute approximate surface area is 175 Å². The molecule has 1 saturated heterocycles. The number of esters is 1. The van der Waals surface area contributed by atoms with E-state index in [1.807, 2.05) is 26.8 Å². The highest BCUT2D eigenvalue weighted by Crippen LogP contribution is 2.76. The summed E-state index contributed by atoms with van der Waals surface area (Å²) in [6, 6.07) is 10.6. The summed E-state index contributed by atoms with van der Waals surface area (Å²) in [6.07, 6.45) is 2.71. The van der Waals surface area contributed by atoms with Crippen LogP contribution >= 0.6 is 0 Å². The number of carbonyl (C=O) groups excluding carboxylic acids is 1. The van der Waals surface area contributed by atoms with Gasteiger partial charge in [-0.2, -0.15) is 0 Å². The summed E-state index contributed by atoms with van der Waals surface area (Å²) in [4.78, 5) is 12.5. The highest BCUT2D eigenvalue weighted by atomic mass is 16.7. The molecule has 3 fully saturated rings. The Morgan fingerprint density at radius 3 is 2.52 bits per heavy atom. The molecule has 1 aromatic rings. The van der Waals surface area contributed by atoms with Crippen LogP contribution in [0.25, 0.3) is 0 Å². The fourth-order valence-corrected chi connectivity index (χ4v) is 6.32. The van der Waals surface area contributed by atoms with Gasteiger partial charge in [-0.05, 0) is 50.5 Å². The average Bonchev–Trinajstić information content (AvgIpc) is 3.22. The minimum atomic E-state index is -0.479. The lowest BCUT2D eigenvalue weighted by atomic mass is 9.61. The topological polar surface area (TPSA) is 44.8 Å². The first kappa shape index (κ1) is 20.7. The van der Waals surface area contributed by atoms with Crippen LogP contribution in [0.15, 0.2) is 41.5 Å². The van der Waals surface area contributed by atoms with Crippen LogP contribution < -0.4 is 0 Å². The normalized spacial score (nSPS) is 34.2. The first-order valence-corrected chi connectivity index (χ1v) is 10.9. The molecule has 5 heteroatoms. The van der Waals surface area contributed by atoms with Crippen molar-refractivity contribution in [3.05, 3.63) is 47.0 Å². The van der Waals surface area contributed by atoms with Crippen molar-refractivity contribution in [2.45, 2.75) is 72.4 Å². The summed E-state index contributed by atoms with van der Waals surface area (Å²) in [5, 5.41) is 0. The molecule has 3 aliphatic rings. The Morgan fingerprint density at radius 2 is 1.90 bits per heavy atom. The van der Waals surface area contributed by atoms with Gasteiger partial charge in [0.1, 0.15) is 5.60 Å². The van der Waals surface area contributed by atoms with Gasteiger partial charge in [-0.3, -0.25) is 0 Å². The van der Waals surface area contributed by atoms with Crippen molar-refractivity contribution < 1.29 is 18.8 Å². The molecule has 4 nitrogen and oxygen atoms in total. The first-order valence-electron chi connectivity index (χ1n) is 10.9. The maximum Gasteiger partial charge on any atom is 0.462 e. The number of fused-ring (bicyclic) bond motifs is 5. The van der Waals surface area contributed by atoms with Crippen molar-refractivity contribution in [1.82, 2.24) is 0 Å². The molecule has 4 atom stereocenters. The van der Waals surface area contributed by atoms with Gasteiger partial charge in [-0.25, -0.2) is 4.79 Å². The average molecular weight is 396 g/mol. The van der Waals surface area contributed by atoms with E-state index in [-0.39, 0.29) is 22.9 Å². The Balaban J connectivity index is 1.72. The zero-order valence-corrected chi connectivity index (χ0v) is 18.6. The molecule has 0 amide bonds. The van der Waals surface area contributed by atoms with Gasteiger partial charge < -0.3 is 14.0 Å². The number of allylic oxidation sites excluding steroid dienone is 1. The zero-order chi connectivity index (χ0) is 21.0. The molecule has 0 N–H and O–H groups in total. The fourth-order valence-electron chi connectivity index (χ4n) is 6.32. The van der Waals surface area contributed by atoms with Crippen LogP contribution in [-0.2, 0) is 24.4 Å². The molecule has 0 aromatic heterocycles. The number of benzene rings is 1. The number of carbonyl (C=O) groups is 1. The molecular weight excluding hydrogens is 363 g/mol. The molecule has 0 radical (unpaired) electrons. The Bertz CT molecular complexity index is 829. The van der Waals surface area contributed by atoms with Crippen LogP contribution in [-0.4, -0.2) is 25.8 Å². The summed E-state index contributed by atoms with van der Waals surface area (Å²) in [5.74, 6) is 0.176. The third-order valence-corrected chi connectivity index (χ3v) is 8.20. The summed E-state index contributed by atoms with van der Waals surface area (Å²) < 4.78 is 18.8. The van der Waals surface area contributed by atoms with Crippen LogP contribution in [0.3, 0.4) is 0 Å². The molecule has 1 aliphatic heterocycles. The number of rotatable bonds is 5. The minimum absolute atomic E-state index is 0.00394. The first-order chi connectivity index (χ1) is 13.7. The van der Waals surface area contributed by atoms with Gasteiger partial charge in [0.15, 0.2) is 0 Å². The third kappa shape index (κ3) is 2.70. The highest BCUT2D eigenvalue weighted by molar-refractivity contribution is 6.47. The van der Waals surface area contributed by atoms with Crippen LogP contribution in [0.1, 0.15) is 59.9 Å². The second-order valence-corrected chi connectivity index (χ2v) is 9.81. The molecule has 156 valence electrons. The number of hydrogen-bond acceptors (Lipinski definition) is 4. The van der Waals surface area contributed by atoms with E-state index in [0.29, 0.717) is 24.4 Å². The van der Waals surface area contributed by atoms with E-state index in [0.717, 1.165) is 18.4 Å². The predicted molar refractivity (Wildman–Crippen MR) is 114 cm³/mol. The van der Waals surface area contributed by atoms with Gasteiger partial charge in [0.25, 0.3) is 0 Å². The molecule has 2 saturated carbocycles. The molecule has 2 aliphatic carbocycles. The van der Waals surface area contributed by atoms with Gasteiger partial charge in [-0.1, -0.05) is 56.7 Å². The molecule has 1 aromatic carbocycles. The van der Waals surface area contributed by atoms with Gasteiger partial charge in [-0.15, -0.1) is 0 Å². The number of hydrogen-bond donors (Lipinski definition) is 0. The molecule has 0 spiro atoms. The van der Waals surface area contributed by atoms with Crippen molar-refractivity contribution in [2.75, 3.05) is 6.61 Å². The minimum Gasteiger partial charge on any atom is -0.463 e. The second-order valence-electron chi connectivity index (χ2n) is 9.81. The van der Waals surface area contributed by atoms with Crippen LogP contribution in [0.5, 0.6) is 0 Å². The summed E-state index contributed by atoms with van der Waals surface area (Å²) in [5.41, 5.74) is 2.43. The third-order valence-electron chi connectivity index (χ3n) is 8.20. The molecule has 2 bridgehead atoms. The van der Waals surface area contributed by atoms with E-state index < -0.39 is 12.7 Å². The van der Waals surface area contributed by atoms with E-state index in [1.165, 1.54) is 5.56 Å². The summed E-state index contributed by atoms with van der Waals surface area (Å²) in [7, 11) is -0.439. The largest absolute Gasteiger partial charge is 0.463 e. The molecular formula is C24H33BO4. The monoisotopic (exact) mass is 396 g/mol. The quantitative estimate of drug-likeness (QED) is 0.393. The standard InChI is InChI=1S/C24H33BO4/c1-7-27-21(26)18(16(2)3)15-25-28-20-19-13-14-23(6,22(19,4)5)24(20,29-25)17-11-9-8-10-12-17/h8-12,19-20H,7,13-15H2,1-6H3/t19-,20-,23-,24-/m1/s1. The van der Waals surface area contributed by atoms with Gasteiger partial charge >= 0.3 is 13.1 Å². The summed E-state index contributed by atoms with van der Waals surface area (Å²) in [6.45, 7) is 13.2. The van der Waals surface area contributed by atoms with Crippen molar-refractivity contribution >= 4 is 13.1 Å². The second kappa shape index (κ2) is 6.99. The highest BCUT2D eigenvalue weighted by Gasteiger charge is 2.78. The molecule has 4 rings (SSSR count). The van der Waals surface area contributed by atoms with Gasteiger partial charge in [0, 0.05) is 17.3 Å². The van der Waals surface area contributed by atoms with Crippen molar-refractivity contribution in [1.29, 1.82) is 0 Å². The maximum atomic E-state index is 12.5. The Kier molecular flexibility index (Phi) is 4.98. The molecule has 1 heterocycles. The van der Waals surface area contributed by atoms with Crippen LogP contribution in [0.2, 0.25) is 6.32 Å². The van der Waals surface area contributed by atoms with E-state index in [9.17, 15) is 4.79 Å². The van der Waals surface area contributed by atoms with Crippen molar-refractivity contribution in [3.63, 3.8) is 0 Å².